The Balaban J connectivity index is 1.20. The minimum absolute atomic E-state index is 0.307. The van der Waals surface area contributed by atoms with Gasteiger partial charge in [0.15, 0.2) is 0 Å². The highest BCUT2D eigenvalue weighted by molar-refractivity contribution is 7.90. The van der Waals surface area contributed by atoms with E-state index in [1.807, 2.05) is 30.3 Å². The summed E-state index contributed by atoms with van der Waals surface area (Å²) in [5, 5.41) is -0.143. The Bertz CT molecular complexity index is 1670. The molecule has 1 saturated carbocycles. The Morgan fingerprint density at radius 3 is 2.68 bits per heavy atom. The topological polar surface area (TPSA) is 91.4 Å². The first-order valence-corrected chi connectivity index (χ1v) is 20.6. The molecular weight excluding hydrogens is 672 g/mol. The number of ether oxygens (including phenoxy) is 2. The summed E-state index contributed by atoms with van der Waals surface area (Å²) < 4.78 is 41.7. The predicted molar refractivity (Wildman–Crippen MR) is 199 cm³/mol. The quantitative estimate of drug-likeness (QED) is 0.383. The highest BCUT2D eigenvalue weighted by atomic mass is 35.5. The van der Waals surface area contributed by atoms with Crippen LogP contribution in [0.2, 0.25) is 5.02 Å². The molecule has 2 aromatic rings. The number of nitrogens with zero attached hydrogens (tertiary/aromatic N) is 3. The Hall–Kier alpha value is -2.63. The molecule has 272 valence electrons. The second kappa shape index (κ2) is 15.5. The SMILES string of the molecule is C=C1CCC[C@@H](CN2CCN3CCOC[C@@H]3C2)[C@@H]2CC[C@H]2CN2CCCCc3cc(Cl)ccc3COc3ccc(cc32)C(=O)NS(=O)(=O)[C@@H]1C. The summed E-state index contributed by atoms with van der Waals surface area (Å²) in [5.41, 5.74) is 4.12. The zero-order chi connectivity index (χ0) is 34.8. The summed E-state index contributed by atoms with van der Waals surface area (Å²) in [7, 11) is -3.97. The standard InChI is InChI=1S/C39H53ClN4O5S/c1-27-6-5-8-31(22-42-16-17-43-18-19-48-26-35(43)24-42)36-13-10-32(36)23-44-15-4-3-7-29-20-34(40)12-9-33(29)25-49-38-14-11-30(21-37(38)44)39(45)41-50(46,47)28(27)2/h9,11-12,14,20-21,28,31-32,35-36H,1,3-8,10,13,15-19,22-26H2,2H3,(H,41,45)/t28-,31+,32+,35+,36+/m1/s1. The first-order chi connectivity index (χ1) is 24.1. The Morgan fingerprint density at radius 2 is 1.84 bits per heavy atom. The zero-order valence-corrected chi connectivity index (χ0v) is 31.0. The van der Waals surface area contributed by atoms with Gasteiger partial charge in [-0.25, -0.2) is 13.1 Å². The maximum absolute atomic E-state index is 13.5. The molecule has 4 aliphatic heterocycles. The van der Waals surface area contributed by atoms with E-state index in [-0.39, 0.29) is 0 Å². The van der Waals surface area contributed by atoms with Crippen LogP contribution in [0.4, 0.5) is 5.69 Å². The summed E-state index contributed by atoms with van der Waals surface area (Å²) in [6.07, 6.45) is 7.85. The van der Waals surface area contributed by atoms with Crippen molar-refractivity contribution in [2.24, 2.45) is 17.8 Å². The minimum atomic E-state index is -3.97. The van der Waals surface area contributed by atoms with Gasteiger partial charge in [-0.15, -0.1) is 0 Å². The maximum atomic E-state index is 13.5. The predicted octanol–water partition coefficient (Wildman–Crippen LogP) is 5.91. The lowest BCUT2D eigenvalue weighted by Crippen LogP contribution is -2.59. The molecule has 1 amide bonds. The monoisotopic (exact) mass is 724 g/mol. The van der Waals surface area contributed by atoms with Gasteiger partial charge in [-0.1, -0.05) is 29.8 Å². The number of rotatable bonds is 2. The van der Waals surface area contributed by atoms with Crippen molar-refractivity contribution in [2.75, 3.05) is 63.9 Å². The molecule has 1 aliphatic carbocycles. The Kier molecular flexibility index (Phi) is 11.1. The van der Waals surface area contributed by atoms with Crippen LogP contribution >= 0.6 is 11.6 Å². The fraction of sp³-hybridized carbons (Fsp3) is 0.615. The van der Waals surface area contributed by atoms with E-state index in [0.717, 1.165) is 107 Å². The second-order valence-corrected chi connectivity index (χ2v) is 17.7. The van der Waals surface area contributed by atoms with Crippen LogP contribution in [0, 0.1) is 17.8 Å². The van der Waals surface area contributed by atoms with Gasteiger partial charge in [-0.2, -0.15) is 0 Å². The largest absolute Gasteiger partial charge is 0.487 e. The van der Waals surface area contributed by atoms with Crippen LogP contribution < -0.4 is 14.4 Å². The van der Waals surface area contributed by atoms with E-state index in [9.17, 15) is 13.2 Å². The average molecular weight is 725 g/mol. The molecular formula is C39H53ClN4O5S. The van der Waals surface area contributed by atoms with Crippen LogP contribution in [0.1, 0.15) is 73.4 Å². The van der Waals surface area contributed by atoms with Gasteiger partial charge in [0.05, 0.1) is 24.2 Å². The van der Waals surface area contributed by atoms with E-state index in [1.165, 1.54) is 18.4 Å². The van der Waals surface area contributed by atoms with Gasteiger partial charge in [-0.3, -0.25) is 9.69 Å². The van der Waals surface area contributed by atoms with E-state index < -0.39 is 21.2 Å². The molecule has 1 N–H and O–H groups in total. The minimum Gasteiger partial charge on any atom is -0.487 e. The first-order valence-electron chi connectivity index (χ1n) is 18.7. The van der Waals surface area contributed by atoms with Crippen LogP contribution in [0.15, 0.2) is 48.6 Å². The Labute approximate surface area is 303 Å². The van der Waals surface area contributed by atoms with Crippen LogP contribution in [-0.4, -0.2) is 94.4 Å². The van der Waals surface area contributed by atoms with Gasteiger partial charge in [0.2, 0.25) is 10.0 Å². The molecule has 2 aromatic carbocycles. The smallest absolute Gasteiger partial charge is 0.264 e. The van der Waals surface area contributed by atoms with Gasteiger partial charge >= 0.3 is 0 Å². The van der Waals surface area contributed by atoms with Crippen LogP contribution in [-0.2, 0) is 27.8 Å². The molecule has 2 bridgehead atoms. The van der Waals surface area contributed by atoms with E-state index in [4.69, 9.17) is 21.1 Å². The van der Waals surface area contributed by atoms with Crippen molar-refractivity contribution in [1.82, 2.24) is 14.5 Å². The van der Waals surface area contributed by atoms with Gasteiger partial charge in [0, 0.05) is 62.4 Å². The summed E-state index contributed by atoms with van der Waals surface area (Å²) in [6.45, 7) is 14.9. The van der Waals surface area contributed by atoms with Gasteiger partial charge < -0.3 is 19.3 Å². The zero-order valence-electron chi connectivity index (χ0n) is 29.5. The molecule has 3 fully saturated rings. The number of fused-ring (bicyclic) bond motifs is 4. The molecule has 7 rings (SSSR count). The molecule has 11 heteroatoms. The van der Waals surface area contributed by atoms with Crippen molar-refractivity contribution in [3.63, 3.8) is 0 Å². The summed E-state index contributed by atoms with van der Waals surface area (Å²) in [4.78, 5) is 21.2. The number of halogens is 1. The van der Waals surface area contributed by atoms with Crippen LogP contribution in [0.25, 0.3) is 0 Å². The third kappa shape index (κ3) is 8.04. The normalized spacial score (nSPS) is 30.0. The number of benzene rings is 2. The number of hydrogen-bond acceptors (Lipinski definition) is 8. The number of sulfonamides is 1. The number of carbonyl (C=O) groups is 1. The van der Waals surface area contributed by atoms with E-state index in [0.29, 0.717) is 53.7 Å². The molecule has 0 radical (unpaired) electrons. The molecule has 9 nitrogen and oxygen atoms in total. The van der Waals surface area contributed by atoms with Gasteiger partial charge in [-0.05, 0) is 118 Å². The van der Waals surface area contributed by atoms with Crippen molar-refractivity contribution in [3.05, 3.63) is 70.3 Å². The lowest BCUT2D eigenvalue weighted by atomic mass is 9.65. The fourth-order valence-electron chi connectivity index (χ4n) is 8.84. The third-order valence-electron chi connectivity index (χ3n) is 12.1. The average Bonchev–Trinajstić information content (AvgIpc) is 3.12. The number of morpholine rings is 1. The number of nitrogens with one attached hydrogen (secondary N) is 1. The second-order valence-electron chi connectivity index (χ2n) is 15.2. The van der Waals surface area contributed by atoms with Crippen molar-refractivity contribution in [1.29, 1.82) is 0 Å². The number of piperazine rings is 1. The summed E-state index contributed by atoms with van der Waals surface area (Å²) >= 11 is 6.39. The van der Waals surface area contributed by atoms with Crippen LogP contribution in [0.3, 0.4) is 0 Å². The summed E-state index contributed by atoms with van der Waals surface area (Å²) in [5.74, 6) is 1.70. The lowest BCUT2D eigenvalue weighted by Gasteiger charge is -2.48. The molecule has 5 aliphatic rings. The maximum Gasteiger partial charge on any atom is 0.264 e. The molecule has 0 unspecified atom stereocenters. The number of aryl methyl sites for hydroxylation is 1. The Morgan fingerprint density at radius 1 is 0.960 bits per heavy atom. The van der Waals surface area contributed by atoms with Crippen LogP contribution in [0.5, 0.6) is 5.75 Å². The number of carbonyl (C=O) groups excluding carboxylic acids is 1. The number of amides is 1. The molecule has 5 atom stereocenters. The van der Waals surface area contributed by atoms with Gasteiger partial charge in [0.1, 0.15) is 12.4 Å². The van der Waals surface area contributed by atoms with Crippen molar-refractivity contribution in [2.45, 2.75) is 76.2 Å². The highest BCUT2D eigenvalue weighted by Gasteiger charge is 2.40. The van der Waals surface area contributed by atoms with Crippen molar-refractivity contribution < 1.29 is 22.7 Å². The van der Waals surface area contributed by atoms with E-state index >= 15 is 0 Å². The lowest BCUT2D eigenvalue weighted by molar-refractivity contribution is -0.0519. The number of anilines is 1. The van der Waals surface area contributed by atoms with Gasteiger partial charge in [0.25, 0.3) is 5.91 Å². The van der Waals surface area contributed by atoms with E-state index in [2.05, 4.69) is 26.0 Å². The third-order valence-corrected chi connectivity index (χ3v) is 14.1. The fourth-order valence-corrected chi connectivity index (χ4v) is 10.1. The molecule has 50 heavy (non-hydrogen) atoms. The molecule has 4 heterocycles. The molecule has 0 aromatic heterocycles. The molecule has 2 saturated heterocycles. The number of hydrogen-bond donors (Lipinski definition) is 1. The molecule has 0 spiro atoms. The van der Waals surface area contributed by atoms with Crippen molar-refractivity contribution in [3.8, 4) is 5.75 Å². The van der Waals surface area contributed by atoms with Crippen molar-refractivity contribution >= 4 is 33.2 Å². The highest BCUT2D eigenvalue weighted by Crippen LogP contribution is 2.44. The first kappa shape index (κ1) is 35.8. The van der Waals surface area contributed by atoms with E-state index in [1.54, 1.807) is 13.0 Å². The summed E-state index contributed by atoms with van der Waals surface area (Å²) in [6, 6.07) is 11.8.